The topological polar surface area (TPSA) is 86.7 Å². The van der Waals surface area contributed by atoms with Crippen molar-refractivity contribution < 1.29 is 28.7 Å². The summed E-state index contributed by atoms with van der Waals surface area (Å²) in [5, 5.41) is 0. The maximum absolute atomic E-state index is 12.8. The van der Waals surface area contributed by atoms with Crippen molar-refractivity contribution in [1.29, 1.82) is 0 Å². The van der Waals surface area contributed by atoms with Gasteiger partial charge in [-0.3, -0.25) is 19.2 Å². The first-order valence-electron chi connectivity index (χ1n) is 11.6. The molecular formula is C26H36O6. The average molecular weight is 445 g/mol. The second-order valence-electron chi connectivity index (χ2n) is 8.37. The molecule has 0 saturated carbocycles. The summed E-state index contributed by atoms with van der Waals surface area (Å²) < 4.78 is 12.1. The molecule has 2 rings (SSSR count). The van der Waals surface area contributed by atoms with Gasteiger partial charge in [0.05, 0.1) is 48.1 Å². The number of carbonyl (C=O) groups excluding carboxylic acids is 4. The highest BCUT2D eigenvalue weighted by molar-refractivity contribution is 5.92. The molecule has 0 N–H and O–H groups in total. The molecule has 0 spiro atoms. The van der Waals surface area contributed by atoms with Crippen LogP contribution in [0, 0.1) is 23.7 Å². The van der Waals surface area contributed by atoms with Gasteiger partial charge in [0.15, 0.2) is 0 Å². The number of ketones is 4. The Bertz CT molecular complexity index is 717. The van der Waals surface area contributed by atoms with Crippen LogP contribution in [0.1, 0.15) is 53.4 Å². The normalized spacial score (nSPS) is 34.5. The van der Waals surface area contributed by atoms with Crippen LogP contribution in [0.15, 0.2) is 37.5 Å². The molecule has 2 heterocycles. The molecule has 32 heavy (non-hydrogen) atoms. The first-order chi connectivity index (χ1) is 15.3. The van der Waals surface area contributed by atoms with Gasteiger partial charge in [0.1, 0.15) is 23.1 Å². The molecule has 2 fully saturated rings. The zero-order valence-corrected chi connectivity index (χ0v) is 19.6. The van der Waals surface area contributed by atoms with Crippen LogP contribution < -0.4 is 0 Å². The maximum atomic E-state index is 12.8. The summed E-state index contributed by atoms with van der Waals surface area (Å²) in [4.78, 5) is 50.8. The van der Waals surface area contributed by atoms with Crippen LogP contribution in [0.2, 0.25) is 0 Å². The Morgan fingerprint density at radius 2 is 0.812 bits per heavy atom. The lowest BCUT2D eigenvalue weighted by Gasteiger charge is -2.21. The summed E-state index contributed by atoms with van der Waals surface area (Å²) >= 11 is 0. The highest BCUT2D eigenvalue weighted by Gasteiger charge is 2.50. The zero-order valence-electron chi connectivity index (χ0n) is 19.6. The number of hydrogen-bond donors (Lipinski definition) is 0. The number of hydrogen-bond acceptors (Lipinski definition) is 6. The fourth-order valence-corrected chi connectivity index (χ4v) is 4.95. The molecule has 2 aliphatic rings. The monoisotopic (exact) mass is 444 g/mol. The summed E-state index contributed by atoms with van der Waals surface area (Å²) in [6.07, 6.45) is 5.42. The van der Waals surface area contributed by atoms with Gasteiger partial charge in [-0.15, -0.1) is 13.2 Å². The van der Waals surface area contributed by atoms with Crippen LogP contribution in [-0.4, -0.2) is 47.5 Å². The summed E-state index contributed by atoms with van der Waals surface area (Å²) in [6.45, 7) is 14.6. The third kappa shape index (κ3) is 5.07. The molecule has 0 bridgehead atoms. The molecule has 6 heteroatoms. The Hall–Kier alpha value is -2.18. The Morgan fingerprint density at radius 1 is 0.562 bits per heavy atom. The second kappa shape index (κ2) is 11.6. The predicted molar refractivity (Wildman–Crippen MR) is 122 cm³/mol. The van der Waals surface area contributed by atoms with Crippen LogP contribution in [0.25, 0.3) is 0 Å². The van der Waals surface area contributed by atoms with Crippen molar-refractivity contribution in [3.8, 4) is 0 Å². The fourth-order valence-electron chi connectivity index (χ4n) is 4.95. The number of Topliss-reactive ketones (excluding diaryl/α,β-unsaturated/α-hetero) is 4. The summed E-state index contributed by atoms with van der Waals surface area (Å²) in [5.74, 6) is -2.55. The van der Waals surface area contributed by atoms with Crippen molar-refractivity contribution in [3.63, 3.8) is 0 Å². The third-order valence-corrected chi connectivity index (χ3v) is 6.65. The van der Waals surface area contributed by atoms with Crippen molar-refractivity contribution in [2.75, 3.05) is 0 Å². The largest absolute Gasteiger partial charge is 0.365 e. The van der Waals surface area contributed by atoms with Gasteiger partial charge >= 0.3 is 0 Å². The minimum absolute atomic E-state index is 0.0333. The average Bonchev–Trinajstić information content (AvgIpc) is 3.38. The van der Waals surface area contributed by atoms with E-state index >= 15 is 0 Å². The molecule has 0 radical (unpaired) electrons. The SMILES string of the molecule is C=CC1OC(/C=C\C2OC(C=C)C(C(=O)CC)C2C(=O)CC)C(C(=O)CC)C1C(=O)CC. The Balaban J connectivity index is 2.39. The molecule has 2 saturated heterocycles. The first kappa shape index (κ1) is 26.1. The molecule has 8 atom stereocenters. The third-order valence-electron chi connectivity index (χ3n) is 6.65. The van der Waals surface area contributed by atoms with Crippen LogP contribution in [0.4, 0.5) is 0 Å². The van der Waals surface area contributed by atoms with E-state index in [9.17, 15) is 19.2 Å². The molecule has 0 aliphatic carbocycles. The Morgan fingerprint density at radius 3 is 1.03 bits per heavy atom. The van der Waals surface area contributed by atoms with E-state index in [-0.39, 0.29) is 36.0 Å². The highest BCUT2D eigenvalue weighted by Crippen LogP contribution is 2.40. The molecule has 2 aliphatic heterocycles. The summed E-state index contributed by atoms with van der Waals surface area (Å²) in [7, 11) is 0. The molecule has 0 aromatic heterocycles. The van der Waals surface area contributed by atoms with Gasteiger partial charge in [0.25, 0.3) is 0 Å². The molecular weight excluding hydrogens is 408 g/mol. The Labute approximate surface area is 191 Å². The molecule has 8 unspecified atom stereocenters. The highest BCUT2D eigenvalue weighted by atomic mass is 16.5. The maximum Gasteiger partial charge on any atom is 0.139 e. The van der Waals surface area contributed by atoms with E-state index in [0.717, 1.165) is 0 Å². The van der Waals surface area contributed by atoms with Gasteiger partial charge in [-0.25, -0.2) is 0 Å². The minimum atomic E-state index is -0.630. The fraction of sp³-hybridized carbons (Fsp3) is 0.615. The van der Waals surface area contributed by atoms with Gasteiger partial charge in [-0.05, 0) is 0 Å². The van der Waals surface area contributed by atoms with E-state index in [2.05, 4.69) is 13.2 Å². The van der Waals surface area contributed by atoms with Crippen molar-refractivity contribution in [2.24, 2.45) is 23.7 Å². The second-order valence-corrected chi connectivity index (χ2v) is 8.37. The Kier molecular flexibility index (Phi) is 9.47. The zero-order chi connectivity index (χ0) is 24.0. The smallest absolute Gasteiger partial charge is 0.139 e. The lowest BCUT2D eigenvalue weighted by atomic mass is 9.78. The summed E-state index contributed by atoms with van der Waals surface area (Å²) in [5.41, 5.74) is 0. The van der Waals surface area contributed by atoms with Crippen molar-refractivity contribution >= 4 is 23.1 Å². The van der Waals surface area contributed by atoms with E-state index in [1.54, 1.807) is 52.0 Å². The van der Waals surface area contributed by atoms with Crippen molar-refractivity contribution in [3.05, 3.63) is 37.5 Å². The van der Waals surface area contributed by atoms with Gasteiger partial charge in [0.2, 0.25) is 0 Å². The number of rotatable bonds is 12. The predicted octanol–water partition coefficient (Wildman–Crippen LogP) is 3.83. The lowest BCUT2D eigenvalue weighted by Crippen LogP contribution is -2.34. The number of carbonyl (C=O) groups is 4. The van der Waals surface area contributed by atoms with Crippen molar-refractivity contribution in [2.45, 2.75) is 77.8 Å². The number of ether oxygens (including phenoxy) is 2. The van der Waals surface area contributed by atoms with E-state index in [1.165, 1.54) is 0 Å². The van der Waals surface area contributed by atoms with Crippen LogP contribution >= 0.6 is 0 Å². The van der Waals surface area contributed by atoms with Crippen LogP contribution in [0.5, 0.6) is 0 Å². The summed E-state index contributed by atoms with van der Waals surface area (Å²) in [6, 6.07) is 0. The molecule has 176 valence electrons. The molecule has 6 nitrogen and oxygen atoms in total. The molecule has 0 aromatic rings. The van der Waals surface area contributed by atoms with E-state index < -0.39 is 48.1 Å². The van der Waals surface area contributed by atoms with Gasteiger partial charge in [-0.1, -0.05) is 52.0 Å². The van der Waals surface area contributed by atoms with Gasteiger partial charge < -0.3 is 9.47 Å². The van der Waals surface area contributed by atoms with Gasteiger partial charge in [-0.2, -0.15) is 0 Å². The van der Waals surface area contributed by atoms with Crippen LogP contribution in [-0.2, 0) is 28.7 Å². The van der Waals surface area contributed by atoms with E-state index in [1.807, 2.05) is 0 Å². The molecule has 0 amide bonds. The lowest BCUT2D eigenvalue weighted by molar-refractivity contribution is -0.131. The van der Waals surface area contributed by atoms with Gasteiger partial charge in [0, 0.05) is 25.7 Å². The van der Waals surface area contributed by atoms with E-state index in [0.29, 0.717) is 12.8 Å². The quantitative estimate of drug-likeness (QED) is 0.425. The first-order valence-corrected chi connectivity index (χ1v) is 11.6. The van der Waals surface area contributed by atoms with Crippen molar-refractivity contribution in [1.82, 2.24) is 0 Å². The molecule has 0 aromatic carbocycles. The van der Waals surface area contributed by atoms with Crippen LogP contribution in [0.3, 0.4) is 0 Å². The standard InChI is InChI=1S/C26H36O6/c1-7-15(27)23-19(11-5)31-21(25(23)17(29)9-3)13-14-22-26(18(30)10-4)24(16(28)8-2)20(12-6)32-22/h11-14,19-26H,5-10H2,1-4H3/b14-13-. The minimum Gasteiger partial charge on any atom is -0.365 e. The van der Waals surface area contributed by atoms with E-state index in [4.69, 9.17) is 9.47 Å².